The van der Waals surface area contributed by atoms with Gasteiger partial charge in [-0.25, -0.2) is 0 Å². The Morgan fingerprint density at radius 3 is 2.79 bits per heavy atom. The van der Waals surface area contributed by atoms with Crippen molar-refractivity contribution in [2.75, 3.05) is 13.7 Å². The maximum atomic E-state index is 11.7. The summed E-state index contributed by atoms with van der Waals surface area (Å²) >= 11 is 0. The van der Waals surface area contributed by atoms with Gasteiger partial charge in [-0.2, -0.15) is 10.4 Å². The van der Waals surface area contributed by atoms with Crippen LogP contribution >= 0.6 is 0 Å². The van der Waals surface area contributed by atoms with E-state index in [-0.39, 0.29) is 11.5 Å². The molecule has 1 N–H and O–H groups in total. The first-order chi connectivity index (χ1) is 15.8. The highest BCUT2D eigenvalue weighted by molar-refractivity contribution is 5.21. The van der Waals surface area contributed by atoms with Gasteiger partial charge in [-0.1, -0.05) is 20.8 Å². The summed E-state index contributed by atoms with van der Waals surface area (Å²) in [6, 6.07) is 2.19. The number of aromatic nitrogens is 2. The third kappa shape index (κ3) is 3.76. The fourth-order valence-corrected chi connectivity index (χ4v) is 9.78. The van der Waals surface area contributed by atoms with Crippen LogP contribution in [0.3, 0.4) is 0 Å². The topological polar surface area (TPSA) is 71.1 Å². The van der Waals surface area contributed by atoms with Crippen LogP contribution in [0.2, 0.25) is 0 Å². The van der Waals surface area contributed by atoms with Crippen LogP contribution in [0.15, 0.2) is 12.4 Å². The van der Waals surface area contributed by atoms with E-state index in [1.54, 1.807) is 6.20 Å². The van der Waals surface area contributed by atoms with Crippen molar-refractivity contribution in [1.29, 1.82) is 5.26 Å². The molecule has 4 fully saturated rings. The summed E-state index contributed by atoms with van der Waals surface area (Å²) in [5.41, 5.74) is 1.14. The van der Waals surface area contributed by atoms with Gasteiger partial charge in [-0.05, 0) is 104 Å². The highest BCUT2D eigenvalue weighted by Gasteiger charge is 2.63. The van der Waals surface area contributed by atoms with Crippen molar-refractivity contribution in [3.63, 3.8) is 0 Å². The number of aliphatic hydroxyl groups is 1. The summed E-state index contributed by atoms with van der Waals surface area (Å²) in [6.45, 7) is 9.15. The normalized spacial score (nSPS) is 45.5. The van der Waals surface area contributed by atoms with Gasteiger partial charge in [0.2, 0.25) is 0 Å². The molecular weight excluding hydrogens is 410 g/mol. The second kappa shape index (κ2) is 8.68. The van der Waals surface area contributed by atoms with Gasteiger partial charge in [0.1, 0.15) is 6.07 Å². The molecule has 182 valence electrons. The molecule has 0 radical (unpaired) electrons. The Hall–Kier alpha value is -1.38. The molecule has 5 heteroatoms. The third-order valence-electron chi connectivity index (χ3n) is 11.1. The lowest BCUT2D eigenvalue weighted by atomic mass is 9.43. The molecule has 0 spiro atoms. The van der Waals surface area contributed by atoms with Gasteiger partial charge in [0, 0.05) is 26.5 Å². The molecule has 33 heavy (non-hydrogen) atoms. The Balaban J connectivity index is 1.34. The lowest BCUT2D eigenvalue weighted by Crippen LogP contribution is -2.59. The van der Waals surface area contributed by atoms with E-state index in [1.165, 1.54) is 44.9 Å². The predicted molar refractivity (Wildman–Crippen MR) is 128 cm³/mol. The molecule has 0 amide bonds. The van der Waals surface area contributed by atoms with Crippen LogP contribution in [-0.2, 0) is 11.3 Å². The molecule has 5 rings (SSSR count). The highest BCUT2D eigenvalue weighted by Crippen LogP contribution is 2.68. The minimum Gasteiger partial charge on any atom is -0.393 e. The van der Waals surface area contributed by atoms with Crippen molar-refractivity contribution in [2.45, 2.75) is 84.8 Å². The Kier molecular flexibility index (Phi) is 6.15. The number of fused-ring (bicyclic) bond motifs is 5. The number of rotatable bonds is 5. The summed E-state index contributed by atoms with van der Waals surface area (Å²) in [7, 11) is 1.84. The van der Waals surface area contributed by atoms with Crippen molar-refractivity contribution >= 4 is 0 Å². The van der Waals surface area contributed by atoms with Crippen LogP contribution in [0.4, 0.5) is 0 Å². The van der Waals surface area contributed by atoms with Crippen LogP contribution in [0.1, 0.15) is 77.7 Å². The van der Waals surface area contributed by atoms with Crippen LogP contribution in [0.25, 0.3) is 0 Å². The second-order valence-electron chi connectivity index (χ2n) is 12.7. The predicted octanol–water partition coefficient (Wildman–Crippen LogP) is 5.28. The Morgan fingerprint density at radius 2 is 2.06 bits per heavy atom. The van der Waals surface area contributed by atoms with Crippen LogP contribution in [0.5, 0.6) is 0 Å². The SMILES string of the molecule is COCC1CCC2(C)C(CCC3C4CCC([C@H](C)Cn5cc(C#N)cn5)C4(C)CC(O)C32)C1. The first-order valence-electron chi connectivity index (χ1n) is 13.4. The minimum atomic E-state index is -0.175. The summed E-state index contributed by atoms with van der Waals surface area (Å²) in [5.74, 6) is 4.43. The molecule has 0 aliphatic heterocycles. The van der Waals surface area contributed by atoms with E-state index >= 15 is 0 Å². The number of ether oxygens (including phenoxy) is 1. The molecule has 5 nitrogen and oxygen atoms in total. The Morgan fingerprint density at radius 1 is 1.24 bits per heavy atom. The molecule has 1 heterocycles. The van der Waals surface area contributed by atoms with E-state index in [1.807, 2.05) is 18.0 Å². The maximum absolute atomic E-state index is 11.7. The van der Waals surface area contributed by atoms with Crippen molar-refractivity contribution in [1.82, 2.24) is 9.78 Å². The van der Waals surface area contributed by atoms with Gasteiger partial charge in [-0.3, -0.25) is 4.68 Å². The van der Waals surface area contributed by atoms with E-state index in [9.17, 15) is 5.11 Å². The lowest BCUT2D eigenvalue weighted by Gasteiger charge is -2.63. The first-order valence-corrected chi connectivity index (χ1v) is 13.4. The Labute approximate surface area is 199 Å². The number of hydrogen-bond donors (Lipinski definition) is 1. The molecular formula is C28H43N3O2. The number of nitriles is 1. The molecule has 4 aliphatic carbocycles. The zero-order chi connectivity index (χ0) is 23.4. The standard InChI is InChI=1S/C28H43N3O2/c1-18(15-31-16-20(13-29)14-30-31)23-7-8-24-22-6-5-21-11-19(17-33-4)9-10-27(21,2)26(22)25(32)12-28(23,24)3/h14,16,18-19,21-26,32H,5-12,15,17H2,1-4H3/t18-,19?,21?,22?,23?,24?,25?,26?,27?,28?/m1/s1. The molecule has 0 saturated heterocycles. The van der Waals surface area contributed by atoms with Gasteiger partial charge in [0.25, 0.3) is 0 Å². The summed E-state index contributed by atoms with van der Waals surface area (Å²) in [4.78, 5) is 0. The van der Waals surface area contributed by atoms with Gasteiger partial charge in [0.15, 0.2) is 0 Å². The van der Waals surface area contributed by atoms with Crippen LogP contribution in [0, 0.1) is 63.6 Å². The van der Waals surface area contributed by atoms with E-state index < -0.39 is 0 Å². The van der Waals surface area contributed by atoms with E-state index in [2.05, 4.69) is 31.9 Å². The smallest absolute Gasteiger partial charge is 0.102 e. The molecule has 10 atom stereocenters. The van der Waals surface area contributed by atoms with Gasteiger partial charge >= 0.3 is 0 Å². The number of hydrogen-bond acceptors (Lipinski definition) is 4. The fourth-order valence-electron chi connectivity index (χ4n) is 9.78. The number of aliphatic hydroxyl groups excluding tert-OH is 1. The quantitative estimate of drug-likeness (QED) is 0.658. The van der Waals surface area contributed by atoms with Crippen molar-refractivity contribution in [3.8, 4) is 6.07 Å². The number of nitrogens with zero attached hydrogens (tertiary/aromatic N) is 3. The largest absolute Gasteiger partial charge is 0.393 e. The molecule has 9 unspecified atom stereocenters. The van der Waals surface area contributed by atoms with Crippen molar-refractivity contribution < 1.29 is 9.84 Å². The third-order valence-corrected chi connectivity index (χ3v) is 11.1. The molecule has 0 aromatic carbocycles. The Bertz CT molecular complexity index is 892. The first kappa shape index (κ1) is 23.4. The molecule has 1 aromatic rings. The molecule has 1 aromatic heterocycles. The average Bonchev–Trinajstić information content (AvgIpc) is 3.37. The highest BCUT2D eigenvalue weighted by atomic mass is 16.5. The summed E-state index contributed by atoms with van der Waals surface area (Å²) in [5, 5.41) is 25.3. The average molecular weight is 454 g/mol. The van der Waals surface area contributed by atoms with E-state index in [0.717, 1.165) is 31.4 Å². The van der Waals surface area contributed by atoms with Gasteiger partial charge in [0.05, 0.1) is 17.9 Å². The zero-order valence-corrected chi connectivity index (χ0v) is 21.0. The summed E-state index contributed by atoms with van der Waals surface area (Å²) < 4.78 is 7.46. The summed E-state index contributed by atoms with van der Waals surface area (Å²) in [6.07, 6.45) is 13.3. The van der Waals surface area contributed by atoms with Gasteiger partial charge < -0.3 is 9.84 Å². The van der Waals surface area contributed by atoms with Crippen LogP contribution in [-0.4, -0.2) is 34.7 Å². The molecule has 0 bridgehead atoms. The van der Waals surface area contributed by atoms with E-state index in [4.69, 9.17) is 10.00 Å². The zero-order valence-electron chi connectivity index (χ0n) is 21.0. The van der Waals surface area contributed by atoms with Crippen LogP contribution < -0.4 is 0 Å². The maximum Gasteiger partial charge on any atom is 0.102 e. The lowest BCUT2D eigenvalue weighted by molar-refractivity contribution is -0.177. The molecule has 4 aliphatic rings. The second-order valence-corrected chi connectivity index (χ2v) is 12.7. The molecule has 4 saturated carbocycles. The van der Waals surface area contributed by atoms with Gasteiger partial charge in [-0.15, -0.1) is 0 Å². The minimum absolute atomic E-state index is 0.175. The van der Waals surface area contributed by atoms with Crippen molar-refractivity contribution in [2.24, 2.45) is 52.3 Å². The fraction of sp³-hybridized carbons (Fsp3) is 0.857. The van der Waals surface area contributed by atoms with Crippen molar-refractivity contribution in [3.05, 3.63) is 18.0 Å². The number of methoxy groups -OCH3 is 1. The monoisotopic (exact) mass is 453 g/mol. The van der Waals surface area contributed by atoms with E-state index in [0.29, 0.717) is 40.6 Å².